The molecule has 1 aromatic heterocycles. The van der Waals surface area contributed by atoms with Gasteiger partial charge >= 0.3 is 0 Å². The number of carbonyl (C=O) groups is 1. The van der Waals surface area contributed by atoms with E-state index in [4.69, 9.17) is 0 Å². The van der Waals surface area contributed by atoms with E-state index in [-0.39, 0.29) is 10.0 Å². The van der Waals surface area contributed by atoms with Crippen molar-refractivity contribution >= 4 is 38.1 Å². The van der Waals surface area contributed by atoms with Crippen LogP contribution in [0, 0.1) is 5.82 Å². The highest BCUT2D eigenvalue weighted by Gasteiger charge is 2.27. The fourth-order valence-corrected chi connectivity index (χ4v) is 5.09. The Kier molecular flexibility index (Phi) is 6.24. The maximum atomic E-state index is 13.3. The van der Waals surface area contributed by atoms with E-state index >= 15 is 0 Å². The lowest BCUT2D eigenvalue weighted by Crippen LogP contribution is -2.38. The summed E-state index contributed by atoms with van der Waals surface area (Å²) in [5, 5.41) is 11.5. The molecule has 0 aliphatic carbocycles. The highest BCUT2D eigenvalue weighted by molar-refractivity contribution is 7.92. The van der Waals surface area contributed by atoms with Gasteiger partial charge in [-0.25, -0.2) is 12.8 Å². The molecular weight excluding hydrogens is 451 g/mol. The van der Waals surface area contributed by atoms with Gasteiger partial charge in [0, 0.05) is 5.56 Å². The highest BCUT2D eigenvalue weighted by Crippen LogP contribution is 2.27. The lowest BCUT2D eigenvalue weighted by atomic mass is 10.2. The largest absolute Gasteiger partial charge is 0.299 e. The molecule has 0 fully saturated rings. The summed E-state index contributed by atoms with van der Waals surface area (Å²) in [5.74, 6) is -1.14. The molecule has 0 saturated carbocycles. The van der Waals surface area contributed by atoms with E-state index in [1.54, 1.807) is 30.3 Å². The SMILES string of the molecule is O=C(CN(c1ccccc1)S(=O)(=O)c1ccc(F)cc1)Nc1nnc(-c2ccccc2)s1. The number of rotatable bonds is 7. The van der Waals surface area contributed by atoms with Crippen LogP contribution >= 0.6 is 11.3 Å². The number of hydrogen-bond acceptors (Lipinski definition) is 6. The van der Waals surface area contributed by atoms with Gasteiger partial charge in [0.1, 0.15) is 17.4 Å². The number of aromatic nitrogens is 2. The van der Waals surface area contributed by atoms with Gasteiger partial charge in [0.15, 0.2) is 0 Å². The van der Waals surface area contributed by atoms with Crippen molar-refractivity contribution in [3.05, 3.63) is 90.7 Å². The van der Waals surface area contributed by atoms with Gasteiger partial charge in [0.25, 0.3) is 10.0 Å². The van der Waals surface area contributed by atoms with Gasteiger partial charge in [-0.3, -0.25) is 14.4 Å². The normalized spacial score (nSPS) is 11.2. The smallest absolute Gasteiger partial charge is 0.264 e. The van der Waals surface area contributed by atoms with Crippen molar-refractivity contribution in [3.8, 4) is 10.6 Å². The Hall–Kier alpha value is -3.63. The van der Waals surface area contributed by atoms with Crippen molar-refractivity contribution in [2.45, 2.75) is 4.90 Å². The fraction of sp³-hybridized carbons (Fsp3) is 0.0455. The molecule has 0 aliphatic rings. The van der Waals surface area contributed by atoms with Gasteiger partial charge in [-0.1, -0.05) is 59.9 Å². The third-order valence-electron chi connectivity index (χ3n) is 4.43. The number of halogens is 1. The summed E-state index contributed by atoms with van der Waals surface area (Å²) in [5.41, 5.74) is 1.16. The Morgan fingerprint density at radius 3 is 2.19 bits per heavy atom. The summed E-state index contributed by atoms with van der Waals surface area (Å²) in [7, 11) is -4.12. The molecule has 1 heterocycles. The number of benzene rings is 3. The van der Waals surface area contributed by atoms with E-state index in [1.165, 1.54) is 11.3 Å². The second kappa shape index (κ2) is 9.25. The number of hydrogen-bond donors (Lipinski definition) is 1. The van der Waals surface area contributed by atoms with Gasteiger partial charge in [0.2, 0.25) is 11.0 Å². The van der Waals surface area contributed by atoms with Crippen molar-refractivity contribution < 1.29 is 17.6 Å². The number of anilines is 2. The standard InChI is InChI=1S/C22H17FN4O3S2/c23-17-11-13-19(14-12-17)32(29,30)27(18-9-5-2-6-10-18)15-20(28)24-22-26-25-21(31-22)16-7-3-1-4-8-16/h1-14H,15H2,(H,24,26,28). The Labute approximate surface area is 188 Å². The number of nitrogens with zero attached hydrogens (tertiary/aromatic N) is 3. The van der Waals surface area contributed by atoms with E-state index < -0.39 is 28.3 Å². The lowest BCUT2D eigenvalue weighted by Gasteiger charge is -2.23. The fourth-order valence-electron chi connectivity index (χ4n) is 2.90. The maximum absolute atomic E-state index is 13.3. The van der Waals surface area contributed by atoms with Crippen LogP contribution in [0.15, 0.2) is 89.8 Å². The third-order valence-corrected chi connectivity index (χ3v) is 7.10. The van der Waals surface area contributed by atoms with Crippen LogP contribution in [0.3, 0.4) is 0 Å². The van der Waals surface area contributed by atoms with Gasteiger partial charge < -0.3 is 0 Å². The first-order valence-electron chi connectivity index (χ1n) is 9.45. The molecule has 0 bridgehead atoms. The zero-order valence-corrected chi connectivity index (χ0v) is 18.2. The second-order valence-electron chi connectivity index (χ2n) is 6.63. The Bertz CT molecular complexity index is 1310. The zero-order valence-electron chi connectivity index (χ0n) is 16.6. The van der Waals surface area contributed by atoms with Crippen molar-refractivity contribution in [3.63, 3.8) is 0 Å². The van der Waals surface area contributed by atoms with E-state index in [9.17, 15) is 17.6 Å². The second-order valence-corrected chi connectivity index (χ2v) is 9.47. The number of amides is 1. The third kappa shape index (κ3) is 4.82. The minimum Gasteiger partial charge on any atom is -0.299 e. The van der Waals surface area contributed by atoms with Crippen LogP contribution in [0.2, 0.25) is 0 Å². The first kappa shape index (κ1) is 21.6. The molecule has 1 N–H and O–H groups in total. The predicted molar refractivity (Wildman–Crippen MR) is 121 cm³/mol. The van der Waals surface area contributed by atoms with Crippen molar-refractivity contribution in [2.24, 2.45) is 0 Å². The van der Waals surface area contributed by atoms with Crippen LogP contribution in [0.4, 0.5) is 15.2 Å². The Morgan fingerprint density at radius 1 is 0.906 bits per heavy atom. The molecule has 32 heavy (non-hydrogen) atoms. The molecular formula is C22H17FN4O3S2. The molecule has 4 aromatic rings. The average Bonchev–Trinajstić information content (AvgIpc) is 3.27. The lowest BCUT2D eigenvalue weighted by molar-refractivity contribution is -0.114. The molecule has 0 radical (unpaired) electrons. The van der Waals surface area contributed by atoms with Crippen LogP contribution < -0.4 is 9.62 Å². The molecule has 0 unspecified atom stereocenters. The van der Waals surface area contributed by atoms with Crippen molar-refractivity contribution in [1.29, 1.82) is 0 Å². The molecule has 7 nitrogen and oxygen atoms in total. The number of carbonyl (C=O) groups excluding carboxylic acids is 1. The zero-order chi connectivity index (χ0) is 22.6. The Balaban J connectivity index is 1.57. The summed E-state index contributed by atoms with van der Waals surface area (Å²) in [6.07, 6.45) is 0. The highest BCUT2D eigenvalue weighted by atomic mass is 32.2. The average molecular weight is 469 g/mol. The summed E-state index contributed by atoms with van der Waals surface area (Å²) in [6, 6.07) is 22.0. The molecule has 0 saturated heterocycles. The van der Waals surface area contributed by atoms with Crippen LogP contribution in [0.1, 0.15) is 0 Å². The predicted octanol–water partition coefficient (Wildman–Crippen LogP) is 4.18. The monoisotopic (exact) mass is 468 g/mol. The molecule has 3 aromatic carbocycles. The summed E-state index contributed by atoms with van der Waals surface area (Å²) in [6.45, 7) is -0.496. The quantitative estimate of drug-likeness (QED) is 0.439. The minimum atomic E-state index is -4.12. The van der Waals surface area contributed by atoms with Crippen LogP contribution in [0.25, 0.3) is 10.6 Å². The molecule has 0 aliphatic heterocycles. The topological polar surface area (TPSA) is 92.3 Å². The minimum absolute atomic E-state index is 0.127. The molecule has 4 rings (SSSR count). The van der Waals surface area contributed by atoms with Gasteiger partial charge in [-0.15, -0.1) is 10.2 Å². The summed E-state index contributed by atoms with van der Waals surface area (Å²) >= 11 is 1.18. The Morgan fingerprint density at radius 2 is 1.53 bits per heavy atom. The van der Waals surface area contributed by atoms with Crippen LogP contribution in [0.5, 0.6) is 0 Å². The van der Waals surface area contributed by atoms with Crippen molar-refractivity contribution in [2.75, 3.05) is 16.2 Å². The number of nitrogens with one attached hydrogen (secondary N) is 1. The van der Waals surface area contributed by atoms with E-state index in [2.05, 4.69) is 15.5 Å². The summed E-state index contributed by atoms with van der Waals surface area (Å²) < 4.78 is 40.7. The molecule has 1 amide bonds. The number of para-hydroxylation sites is 1. The van der Waals surface area contributed by atoms with Crippen LogP contribution in [-0.2, 0) is 14.8 Å². The first-order chi connectivity index (χ1) is 15.4. The first-order valence-corrected chi connectivity index (χ1v) is 11.7. The molecule has 10 heteroatoms. The molecule has 0 spiro atoms. The molecule has 162 valence electrons. The molecule has 0 atom stereocenters. The van der Waals surface area contributed by atoms with Gasteiger partial charge in [0.05, 0.1) is 10.6 Å². The maximum Gasteiger partial charge on any atom is 0.264 e. The van der Waals surface area contributed by atoms with Crippen molar-refractivity contribution in [1.82, 2.24) is 10.2 Å². The van der Waals surface area contributed by atoms with E-state index in [0.717, 1.165) is 34.1 Å². The van der Waals surface area contributed by atoms with Gasteiger partial charge in [-0.2, -0.15) is 0 Å². The van der Waals surface area contributed by atoms with E-state index in [0.29, 0.717) is 10.7 Å². The van der Waals surface area contributed by atoms with Crippen LogP contribution in [-0.4, -0.2) is 31.1 Å². The number of sulfonamides is 1. The summed E-state index contributed by atoms with van der Waals surface area (Å²) in [4.78, 5) is 12.6. The van der Waals surface area contributed by atoms with E-state index in [1.807, 2.05) is 30.3 Å². The van der Waals surface area contributed by atoms with Gasteiger partial charge in [-0.05, 0) is 36.4 Å².